The number of nitrogens with zero attached hydrogens (tertiary/aromatic N) is 1. The highest BCUT2D eigenvalue weighted by molar-refractivity contribution is 5.90. The van der Waals surface area contributed by atoms with Crippen molar-refractivity contribution in [2.75, 3.05) is 0 Å². The van der Waals surface area contributed by atoms with Crippen molar-refractivity contribution >= 4 is 17.9 Å². The summed E-state index contributed by atoms with van der Waals surface area (Å²) >= 11 is 0. The first-order chi connectivity index (χ1) is 12.3. The number of nitrogens with one attached hydrogen (secondary N) is 2. The van der Waals surface area contributed by atoms with Gasteiger partial charge in [-0.05, 0) is 17.9 Å². The first kappa shape index (κ1) is 21.0. The summed E-state index contributed by atoms with van der Waals surface area (Å²) in [6.07, 6.45) is -0.552. The van der Waals surface area contributed by atoms with Gasteiger partial charge in [-0.3, -0.25) is 9.59 Å². The van der Waals surface area contributed by atoms with Crippen LogP contribution in [0.15, 0.2) is 30.3 Å². The van der Waals surface area contributed by atoms with E-state index in [-0.39, 0.29) is 25.4 Å². The van der Waals surface area contributed by atoms with E-state index in [1.165, 1.54) is 0 Å². The van der Waals surface area contributed by atoms with Gasteiger partial charge in [-0.1, -0.05) is 44.2 Å². The molecule has 4 N–H and O–H groups in total. The molecular formula is C18H24N4O4. The third kappa shape index (κ3) is 7.21. The fourth-order valence-corrected chi connectivity index (χ4v) is 2.18. The molecule has 140 valence electrons. The second kappa shape index (κ2) is 10.7. The number of alkyl carbamates (subject to hydrolysis) is 1. The fourth-order valence-electron chi connectivity index (χ4n) is 2.18. The maximum atomic E-state index is 12.4. The number of hydrogen-bond donors (Lipinski definition) is 3. The monoisotopic (exact) mass is 360 g/mol. The van der Waals surface area contributed by atoms with E-state index in [1.54, 1.807) is 13.8 Å². The van der Waals surface area contributed by atoms with Crippen LogP contribution in [0.4, 0.5) is 4.79 Å². The molecule has 0 spiro atoms. The number of ether oxygens (including phenoxy) is 1. The standard InChI is InChI=1S/C18H24N4O4/c1-12(2)15(17(24)21-14(16(20)23)9-6-10-19)22-18(25)26-11-13-7-4-3-5-8-13/h3-5,7-8,12,14-15H,6,9,11H2,1-2H3,(H2,20,23)(H,21,24)(H,22,25)/t14-,15-/m0/s1. The molecule has 0 unspecified atom stereocenters. The molecular weight excluding hydrogens is 336 g/mol. The number of amides is 3. The van der Waals surface area contributed by atoms with Crippen molar-refractivity contribution in [3.8, 4) is 6.07 Å². The number of hydrogen-bond acceptors (Lipinski definition) is 5. The molecule has 3 amide bonds. The van der Waals surface area contributed by atoms with Gasteiger partial charge in [0.15, 0.2) is 0 Å². The number of rotatable bonds is 9. The second-order valence-electron chi connectivity index (χ2n) is 6.09. The van der Waals surface area contributed by atoms with Crippen LogP contribution in [0.25, 0.3) is 0 Å². The molecule has 26 heavy (non-hydrogen) atoms. The zero-order chi connectivity index (χ0) is 19.5. The van der Waals surface area contributed by atoms with E-state index in [0.717, 1.165) is 5.56 Å². The minimum absolute atomic E-state index is 0.0746. The van der Waals surface area contributed by atoms with Crippen LogP contribution in [0.1, 0.15) is 32.3 Å². The molecule has 1 aromatic carbocycles. The van der Waals surface area contributed by atoms with E-state index in [1.807, 2.05) is 36.4 Å². The number of carbonyl (C=O) groups is 3. The first-order valence-electron chi connectivity index (χ1n) is 8.29. The van der Waals surface area contributed by atoms with Crippen LogP contribution in [0.2, 0.25) is 0 Å². The van der Waals surface area contributed by atoms with Crippen LogP contribution in [-0.4, -0.2) is 30.0 Å². The van der Waals surface area contributed by atoms with E-state index >= 15 is 0 Å². The van der Waals surface area contributed by atoms with Gasteiger partial charge >= 0.3 is 6.09 Å². The van der Waals surface area contributed by atoms with Crippen molar-refractivity contribution in [1.82, 2.24) is 10.6 Å². The third-order valence-electron chi connectivity index (χ3n) is 3.64. The molecule has 1 rings (SSSR count). The molecule has 0 bridgehead atoms. The molecule has 0 saturated carbocycles. The largest absolute Gasteiger partial charge is 0.445 e. The summed E-state index contributed by atoms with van der Waals surface area (Å²) in [6.45, 7) is 3.57. The molecule has 0 aromatic heterocycles. The highest BCUT2D eigenvalue weighted by Gasteiger charge is 2.28. The normalized spacial score (nSPS) is 12.5. The van der Waals surface area contributed by atoms with Gasteiger partial charge in [-0.25, -0.2) is 4.79 Å². The first-order valence-corrected chi connectivity index (χ1v) is 8.29. The Morgan fingerprint density at radius 2 is 1.85 bits per heavy atom. The summed E-state index contributed by atoms with van der Waals surface area (Å²) in [4.78, 5) is 35.8. The Kier molecular flexibility index (Phi) is 8.64. The van der Waals surface area contributed by atoms with Gasteiger partial charge in [0.2, 0.25) is 11.8 Å². The Morgan fingerprint density at radius 1 is 1.19 bits per heavy atom. The van der Waals surface area contributed by atoms with E-state index in [2.05, 4.69) is 10.6 Å². The number of nitriles is 1. The van der Waals surface area contributed by atoms with E-state index in [4.69, 9.17) is 15.7 Å². The van der Waals surface area contributed by atoms with Gasteiger partial charge in [0.25, 0.3) is 0 Å². The quantitative estimate of drug-likeness (QED) is 0.608. The molecule has 8 nitrogen and oxygen atoms in total. The Morgan fingerprint density at radius 3 is 2.38 bits per heavy atom. The smallest absolute Gasteiger partial charge is 0.408 e. The summed E-state index contributed by atoms with van der Waals surface area (Å²) in [7, 11) is 0. The Balaban J connectivity index is 2.63. The third-order valence-corrected chi connectivity index (χ3v) is 3.64. The molecule has 0 aliphatic rings. The van der Waals surface area contributed by atoms with Crippen molar-refractivity contribution in [1.29, 1.82) is 5.26 Å². The van der Waals surface area contributed by atoms with Crippen molar-refractivity contribution in [2.24, 2.45) is 11.7 Å². The van der Waals surface area contributed by atoms with Crippen LogP contribution in [0, 0.1) is 17.2 Å². The highest BCUT2D eigenvalue weighted by atomic mass is 16.5. The molecule has 0 saturated heterocycles. The highest BCUT2D eigenvalue weighted by Crippen LogP contribution is 2.06. The molecule has 0 heterocycles. The summed E-state index contributed by atoms with van der Waals surface area (Å²) in [5.74, 6) is -1.54. The predicted octanol–water partition coefficient (Wildman–Crippen LogP) is 1.21. The molecule has 1 aromatic rings. The topological polar surface area (TPSA) is 134 Å². The van der Waals surface area contributed by atoms with Crippen LogP contribution in [-0.2, 0) is 20.9 Å². The minimum Gasteiger partial charge on any atom is -0.445 e. The molecule has 8 heteroatoms. The van der Waals surface area contributed by atoms with E-state index in [9.17, 15) is 14.4 Å². The molecule has 0 radical (unpaired) electrons. The van der Waals surface area contributed by atoms with Crippen molar-refractivity contribution in [2.45, 2.75) is 45.4 Å². The number of primary amides is 1. The van der Waals surface area contributed by atoms with E-state index < -0.39 is 30.0 Å². The zero-order valence-electron chi connectivity index (χ0n) is 14.9. The van der Waals surface area contributed by atoms with Gasteiger partial charge < -0.3 is 21.1 Å². The lowest BCUT2D eigenvalue weighted by atomic mass is 10.0. The Hall–Kier alpha value is -3.08. The van der Waals surface area contributed by atoms with Crippen LogP contribution in [0.5, 0.6) is 0 Å². The summed E-state index contributed by atoms with van der Waals surface area (Å²) in [6, 6.07) is 9.15. The minimum atomic E-state index is -0.967. The van der Waals surface area contributed by atoms with Gasteiger partial charge in [0.05, 0.1) is 6.07 Å². The lowest BCUT2D eigenvalue weighted by molar-refractivity contribution is -0.129. The summed E-state index contributed by atoms with van der Waals surface area (Å²) in [5.41, 5.74) is 6.06. The Labute approximate surface area is 152 Å². The second-order valence-corrected chi connectivity index (χ2v) is 6.09. The van der Waals surface area contributed by atoms with Gasteiger partial charge in [0.1, 0.15) is 18.7 Å². The molecule has 2 atom stereocenters. The molecule has 0 aliphatic carbocycles. The lowest BCUT2D eigenvalue weighted by Gasteiger charge is -2.23. The fraction of sp³-hybridized carbons (Fsp3) is 0.444. The summed E-state index contributed by atoms with van der Waals surface area (Å²) in [5, 5.41) is 13.6. The Bertz CT molecular complexity index is 655. The van der Waals surface area contributed by atoms with Crippen molar-refractivity contribution in [3.63, 3.8) is 0 Å². The maximum Gasteiger partial charge on any atom is 0.408 e. The summed E-state index contributed by atoms with van der Waals surface area (Å²) < 4.78 is 5.11. The van der Waals surface area contributed by atoms with Crippen LogP contribution in [0.3, 0.4) is 0 Å². The van der Waals surface area contributed by atoms with Crippen molar-refractivity contribution in [3.05, 3.63) is 35.9 Å². The average molecular weight is 360 g/mol. The van der Waals surface area contributed by atoms with Gasteiger partial charge in [-0.2, -0.15) is 5.26 Å². The lowest BCUT2D eigenvalue weighted by Crippen LogP contribution is -2.54. The number of carbonyl (C=O) groups excluding carboxylic acids is 3. The number of nitrogens with two attached hydrogens (primary N) is 1. The molecule has 0 aliphatic heterocycles. The SMILES string of the molecule is CC(C)[C@H](NC(=O)OCc1ccccc1)C(=O)N[C@@H](CCC#N)C(N)=O. The maximum absolute atomic E-state index is 12.4. The zero-order valence-corrected chi connectivity index (χ0v) is 14.9. The average Bonchev–Trinajstić information content (AvgIpc) is 2.61. The molecule has 0 fully saturated rings. The van der Waals surface area contributed by atoms with Gasteiger partial charge in [0, 0.05) is 6.42 Å². The van der Waals surface area contributed by atoms with Gasteiger partial charge in [-0.15, -0.1) is 0 Å². The van der Waals surface area contributed by atoms with Crippen LogP contribution < -0.4 is 16.4 Å². The van der Waals surface area contributed by atoms with E-state index in [0.29, 0.717) is 0 Å². The van der Waals surface area contributed by atoms with Crippen molar-refractivity contribution < 1.29 is 19.1 Å². The van der Waals surface area contributed by atoms with Crippen LogP contribution >= 0.6 is 0 Å². The predicted molar refractivity (Wildman–Crippen MR) is 94.4 cm³/mol. The number of benzene rings is 1.